The van der Waals surface area contributed by atoms with E-state index in [1.807, 2.05) is 32.0 Å². The van der Waals surface area contributed by atoms with Gasteiger partial charge in [-0.05, 0) is 42.5 Å². The summed E-state index contributed by atoms with van der Waals surface area (Å²) in [6.07, 6.45) is 0.690. The molecule has 0 aliphatic carbocycles. The summed E-state index contributed by atoms with van der Waals surface area (Å²) in [7, 11) is 0. The molecular formula is C23H31N5O4. The van der Waals surface area contributed by atoms with Gasteiger partial charge in [-0.2, -0.15) is 4.52 Å². The third-order valence-electron chi connectivity index (χ3n) is 5.07. The van der Waals surface area contributed by atoms with Crippen molar-refractivity contribution in [3.8, 4) is 11.6 Å². The topological polar surface area (TPSA) is 115 Å². The molecule has 2 heterocycles. The Balaban J connectivity index is 1.99. The number of carbonyl (C=O) groups is 1. The Labute approximate surface area is 187 Å². The zero-order valence-electron chi connectivity index (χ0n) is 19.3. The van der Waals surface area contributed by atoms with Crippen molar-refractivity contribution in [2.24, 2.45) is 0 Å². The second-order valence-corrected chi connectivity index (χ2v) is 8.50. The summed E-state index contributed by atoms with van der Waals surface area (Å²) in [6, 6.07) is 7.20. The Bertz CT molecular complexity index is 1170. The van der Waals surface area contributed by atoms with Crippen LogP contribution in [0.4, 0.5) is 0 Å². The van der Waals surface area contributed by atoms with Gasteiger partial charge in [-0.25, -0.2) is 4.68 Å². The summed E-state index contributed by atoms with van der Waals surface area (Å²) in [4.78, 5) is 13.2. The maximum Gasteiger partial charge on any atom is 0.242 e. The average molecular weight is 442 g/mol. The molecule has 0 aliphatic rings. The van der Waals surface area contributed by atoms with Crippen molar-refractivity contribution in [1.29, 1.82) is 5.41 Å². The molecule has 3 rings (SSSR count). The first-order valence-corrected chi connectivity index (χ1v) is 10.8. The van der Waals surface area contributed by atoms with Crippen molar-refractivity contribution < 1.29 is 19.4 Å². The molecule has 1 aromatic carbocycles. The highest BCUT2D eigenvalue weighted by Crippen LogP contribution is 2.28. The van der Waals surface area contributed by atoms with Gasteiger partial charge in [0.2, 0.25) is 11.5 Å². The van der Waals surface area contributed by atoms with Gasteiger partial charge in [0.15, 0.2) is 11.4 Å². The minimum Gasteiger partial charge on any atom is -0.491 e. The van der Waals surface area contributed by atoms with E-state index in [4.69, 9.17) is 20.0 Å². The fraction of sp³-hybridized carbons (Fsp3) is 0.478. The summed E-state index contributed by atoms with van der Waals surface area (Å²) >= 11 is 0. The van der Waals surface area contributed by atoms with E-state index >= 15 is 0 Å². The fourth-order valence-corrected chi connectivity index (χ4v) is 3.31. The number of carbonyl (C=O) groups excluding carboxylic acids is 1. The molecule has 0 bridgehead atoms. The normalized spacial score (nSPS) is 11.7. The van der Waals surface area contributed by atoms with E-state index in [2.05, 4.69) is 31.0 Å². The van der Waals surface area contributed by atoms with Crippen LogP contribution in [-0.2, 0) is 18.4 Å². The molecule has 0 saturated heterocycles. The molecule has 0 fully saturated rings. The van der Waals surface area contributed by atoms with Gasteiger partial charge >= 0.3 is 0 Å². The number of aliphatic hydroxyl groups excluding tert-OH is 1. The van der Waals surface area contributed by atoms with Gasteiger partial charge in [0.25, 0.3) is 0 Å². The number of aryl methyl sites for hydroxylation is 1. The van der Waals surface area contributed by atoms with E-state index in [0.29, 0.717) is 35.9 Å². The zero-order valence-corrected chi connectivity index (χ0v) is 19.3. The maximum absolute atomic E-state index is 13.2. The minimum absolute atomic E-state index is 0.00617. The van der Waals surface area contributed by atoms with Crippen molar-refractivity contribution in [1.82, 2.24) is 19.4 Å². The van der Waals surface area contributed by atoms with Crippen molar-refractivity contribution in [3.63, 3.8) is 0 Å². The van der Waals surface area contributed by atoms with E-state index < -0.39 is 0 Å². The molecule has 0 atom stereocenters. The summed E-state index contributed by atoms with van der Waals surface area (Å²) in [5.74, 6) is 0.747. The number of hydrogen-bond donors (Lipinski definition) is 2. The first kappa shape index (κ1) is 23.5. The molecule has 0 spiro atoms. The summed E-state index contributed by atoms with van der Waals surface area (Å²) < 4.78 is 13.8. The van der Waals surface area contributed by atoms with Gasteiger partial charge < -0.3 is 14.6 Å². The SMILES string of the molecule is CCOc1cc(CC)c2nn(CC(=O)c3cc(OCCO)cc(C(C)(C)C)c3)c(=N)n2n1. The minimum atomic E-state index is -0.199. The number of ether oxygens (including phenoxy) is 2. The molecule has 2 aromatic heterocycles. The number of ketones is 1. The first-order chi connectivity index (χ1) is 15.2. The number of aromatic nitrogens is 4. The van der Waals surface area contributed by atoms with E-state index in [1.165, 1.54) is 9.20 Å². The summed E-state index contributed by atoms with van der Waals surface area (Å²) in [5.41, 5.74) is 2.63. The number of aliphatic hydroxyl groups is 1. The lowest BCUT2D eigenvalue weighted by molar-refractivity contribution is 0.0965. The van der Waals surface area contributed by atoms with Gasteiger partial charge in [0.1, 0.15) is 18.9 Å². The van der Waals surface area contributed by atoms with Crippen LogP contribution in [0, 0.1) is 5.41 Å². The Morgan fingerprint density at radius 2 is 1.88 bits per heavy atom. The van der Waals surface area contributed by atoms with E-state index in [-0.39, 0.29) is 36.6 Å². The predicted molar refractivity (Wildman–Crippen MR) is 119 cm³/mol. The first-order valence-electron chi connectivity index (χ1n) is 10.8. The molecular weight excluding hydrogens is 410 g/mol. The third-order valence-corrected chi connectivity index (χ3v) is 5.07. The predicted octanol–water partition coefficient (Wildman–Crippen LogP) is 2.52. The van der Waals surface area contributed by atoms with Gasteiger partial charge in [-0.1, -0.05) is 27.7 Å². The third kappa shape index (κ3) is 4.99. The van der Waals surface area contributed by atoms with Crippen molar-refractivity contribution in [2.75, 3.05) is 19.8 Å². The second kappa shape index (κ2) is 9.52. The van der Waals surface area contributed by atoms with Gasteiger partial charge in [-0.3, -0.25) is 10.2 Å². The van der Waals surface area contributed by atoms with Gasteiger partial charge in [-0.15, -0.1) is 10.2 Å². The lowest BCUT2D eigenvalue weighted by atomic mass is 9.85. The van der Waals surface area contributed by atoms with Crippen LogP contribution < -0.4 is 15.1 Å². The smallest absolute Gasteiger partial charge is 0.242 e. The quantitative estimate of drug-likeness (QED) is 0.493. The molecule has 0 amide bonds. The number of hydrogen-bond acceptors (Lipinski definition) is 7. The highest BCUT2D eigenvalue weighted by Gasteiger charge is 2.20. The van der Waals surface area contributed by atoms with E-state index in [9.17, 15) is 4.79 Å². The molecule has 9 nitrogen and oxygen atoms in total. The Hall–Kier alpha value is -3.20. The lowest BCUT2D eigenvalue weighted by Gasteiger charge is -2.21. The molecule has 0 radical (unpaired) electrons. The van der Waals surface area contributed by atoms with Crippen LogP contribution in [-0.4, -0.2) is 50.1 Å². The van der Waals surface area contributed by atoms with Crippen LogP contribution >= 0.6 is 0 Å². The highest BCUT2D eigenvalue weighted by molar-refractivity contribution is 5.96. The molecule has 0 unspecified atom stereocenters. The highest BCUT2D eigenvalue weighted by atomic mass is 16.5. The standard InChI is InChI=1S/C23H31N5O4/c1-6-15-12-20(31-7-2)25-28-21(15)26-27(22(28)24)14-19(30)16-10-17(23(3,4)5)13-18(11-16)32-9-8-29/h10-13,24,29H,6-9,14H2,1-5H3. The number of rotatable bonds is 9. The van der Waals surface area contributed by atoms with Crippen LogP contribution in [0.1, 0.15) is 56.1 Å². The van der Waals surface area contributed by atoms with Crippen LogP contribution in [0.2, 0.25) is 0 Å². The molecule has 0 saturated carbocycles. The van der Waals surface area contributed by atoms with E-state index in [0.717, 1.165) is 11.1 Å². The summed E-state index contributed by atoms with van der Waals surface area (Å²) in [6.45, 7) is 10.4. The molecule has 3 aromatic rings. The number of nitrogens with one attached hydrogen (secondary N) is 1. The van der Waals surface area contributed by atoms with E-state index in [1.54, 1.807) is 6.07 Å². The second-order valence-electron chi connectivity index (χ2n) is 8.50. The number of benzene rings is 1. The Kier molecular flexibility index (Phi) is 6.98. The Morgan fingerprint density at radius 3 is 2.50 bits per heavy atom. The van der Waals surface area contributed by atoms with Crippen molar-refractivity contribution in [2.45, 2.75) is 53.0 Å². The van der Waals surface area contributed by atoms with Gasteiger partial charge in [0.05, 0.1) is 13.2 Å². The van der Waals surface area contributed by atoms with Crippen LogP contribution in [0.5, 0.6) is 11.6 Å². The Morgan fingerprint density at radius 1 is 1.12 bits per heavy atom. The van der Waals surface area contributed by atoms with Crippen molar-refractivity contribution >= 4 is 11.4 Å². The maximum atomic E-state index is 13.2. The van der Waals surface area contributed by atoms with Crippen LogP contribution in [0.25, 0.3) is 5.65 Å². The molecule has 9 heteroatoms. The number of nitrogens with zero attached hydrogens (tertiary/aromatic N) is 4. The van der Waals surface area contributed by atoms with Crippen LogP contribution in [0.3, 0.4) is 0 Å². The van der Waals surface area contributed by atoms with Crippen molar-refractivity contribution in [3.05, 3.63) is 46.6 Å². The monoisotopic (exact) mass is 441 g/mol. The zero-order chi connectivity index (χ0) is 23.5. The van der Waals surface area contributed by atoms with Crippen LogP contribution in [0.15, 0.2) is 24.3 Å². The number of fused-ring (bicyclic) bond motifs is 1. The average Bonchev–Trinajstić information content (AvgIpc) is 3.06. The van der Waals surface area contributed by atoms with Gasteiger partial charge in [0, 0.05) is 17.2 Å². The summed E-state index contributed by atoms with van der Waals surface area (Å²) in [5, 5.41) is 26.4. The molecule has 172 valence electrons. The molecule has 32 heavy (non-hydrogen) atoms. The fourth-order valence-electron chi connectivity index (χ4n) is 3.31. The largest absolute Gasteiger partial charge is 0.491 e. The number of Topliss-reactive ketones (excluding diaryl/α,β-unsaturated/α-hetero) is 1. The molecule has 0 aliphatic heterocycles. The molecule has 2 N–H and O–H groups in total. The lowest BCUT2D eigenvalue weighted by Crippen LogP contribution is -2.26.